The van der Waals surface area contributed by atoms with Gasteiger partial charge in [-0.1, -0.05) is 24.3 Å². The Morgan fingerprint density at radius 3 is 2.30 bits per heavy atom. The zero-order chi connectivity index (χ0) is 30.5. The van der Waals surface area contributed by atoms with Crippen molar-refractivity contribution in [2.75, 3.05) is 24.6 Å². The van der Waals surface area contributed by atoms with Crippen molar-refractivity contribution in [1.82, 2.24) is 34.0 Å². The molecule has 0 aliphatic carbocycles. The van der Waals surface area contributed by atoms with Crippen molar-refractivity contribution in [1.29, 1.82) is 0 Å². The predicted octanol–water partition coefficient (Wildman–Crippen LogP) is 4.29. The van der Waals surface area contributed by atoms with E-state index in [0.717, 1.165) is 47.6 Å². The zero-order valence-electron chi connectivity index (χ0n) is 25.0. The Morgan fingerprint density at radius 1 is 1.00 bits per heavy atom. The van der Waals surface area contributed by atoms with E-state index < -0.39 is 6.10 Å². The van der Waals surface area contributed by atoms with Crippen molar-refractivity contribution in [2.45, 2.75) is 70.5 Å². The molecule has 2 aromatic carbocycles. The molecule has 2 fully saturated rings. The van der Waals surface area contributed by atoms with Crippen LogP contribution in [0.2, 0.25) is 0 Å². The van der Waals surface area contributed by atoms with Crippen LogP contribution >= 0.6 is 0 Å². The molecule has 2 aliphatic heterocycles. The minimum absolute atomic E-state index is 0.0573. The number of anilines is 1. The quantitative estimate of drug-likeness (QED) is 0.295. The van der Waals surface area contributed by atoms with E-state index in [4.69, 9.17) is 14.7 Å². The lowest BCUT2D eigenvalue weighted by atomic mass is 9.92. The number of nitrogens with zero attached hydrogens (tertiary/aromatic N) is 8. The highest BCUT2D eigenvalue weighted by atomic mass is 19.1. The van der Waals surface area contributed by atoms with Gasteiger partial charge < -0.3 is 19.3 Å². The van der Waals surface area contributed by atoms with Crippen LogP contribution in [-0.4, -0.2) is 83.1 Å². The Balaban J connectivity index is 1.30. The van der Waals surface area contributed by atoms with Gasteiger partial charge in [-0.3, -0.25) is 4.90 Å². The van der Waals surface area contributed by atoms with Gasteiger partial charge in [-0.15, -0.1) is 10.2 Å². The first-order chi connectivity index (χ1) is 21.3. The number of hydrogen-bond acceptors (Lipinski definition) is 8. The molecule has 10 nitrogen and oxygen atoms in total. The first kappa shape index (κ1) is 28.8. The first-order valence-corrected chi connectivity index (χ1v) is 15.2. The summed E-state index contributed by atoms with van der Waals surface area (Å²) in [7, 11) is 0. The van der Waals surface area contributed by atoms with Crippen molar-refractivity contribution in [3.05, 3.63) is 83.4 Å². The van der Waals surface area contributed by atoms with Crippen LogP contribution in [0.15, 0.2) is 54.9 Å². The topological polar surface area (TPSA) is 96.8 Å². The van der Waals surface area contributed by atoms with Crippen LogP contribution in [0.25, 0.3) is 16.9 Å². The van der Waals surface area contributed by atoms with Crippen LogP contribution < -0.4 is 4.90 Å². The summed E-state index contributed by atoms with van der Waals surface area (Å²) in [5.41, 5.74) is 3.32. The number of imidazole rings is 1. The lowest BCUT2D eigenvalue weighted by molar-refractivity contribution is 0.0255. The van der Waals surface area contributed by atoms with Crippen LogP contribution in [-0.2, 0) is 11.3 Å². The maximum Gasteiger partial charge on any atom is 0.258 e. The predicted molar refractivity (Wildman–Crippen MR) is 161 cm³/mol. The summed E-state index contributed by atoms with van der Waals surface area (Å²) >= 11 is 0. The summed E-state index contributed by atoms with van der Waals surface area (Å²) in [4.78, 5) is 14.4. The second-order valence-electron chi connectivity index (χ2n) is 12.0. The van der Waals surface area contributed by atoms with Gasteiger partial charge >= 0.3 is 0 Å². The molecular formula is C32H36F2N8O2. The molecule has 1 N–H and O–H groups in total. The van der Waals surface area contributed by atoms with Crippen molar-refractivity contribution in [2.24, 2.45) is 0 Å². The number of aliphatic hydroxyl groups is 1. The number of ether oxygens (including phenoxy) is 1. The van der Waals surface area contributed by atoms with Crippen molar-refractivity contribution >= 4 is 22.8 Å². The van der Waals surface area contributed by atoms with Crippen LogP contribution in [0.1, 0.15) is 49.7 Å². The molecular weight excluding hydrogens is 566 g/mol. The van der Waals surface area contributed by atoms with Gasteiger partial charge in [0.25, 0.3) is 5.78 Å². The van der Waals surface area contributed by atoms with Gasteiger partial charge in [-0.25, -0.2) is 18.2 Å². The van der Waals surface area contributed by atoms with Gasteiger partial charge in [-0.05, 0) is 69.0 Å². The molecule has 5 heterocycles. The highest BCUT2D eigenvalue weighted by Crippen LogP contribution is 2.37. The van der Waals surface area contributed by atoms with Gasteiger partial charge in [0.2, 0.25) is 0 Å². The van der Waals surface area contributed by atoms with E-state index in [1.165, 1.54) is 24.3 Å². The normalized spacial score (nSPS) is 22.1. The zero-order valence-corrected chi connectivity index (χ0v) is 25.0. The molecule has 2 aliphatic rings. The summed E-state index contributed by atoms with van der Waals surface area (Å²) in [6.45, 7) is 8.33. The third-order valence-corrected chi connectivity index (χ3v) is 9.07. The van der Waals surface area contributed by atoms with Gasteiger partial charge in [0.15, 0.2) is 11.5 Å². The molecule has 3 aromatic heterocycles. The van der Waals surface area contributed by atoms with E-state index in [0.29, 0.717) is 31.2 Å². The third-order valence-electron chi connectivity index (χ3n) is 9.07. The molecule has 230 valence electrons. The van der Waals surface area contributed by atoms with E-state index in [9.17, 15) is 13.9 Å². The minimum atomic E-state index is -0.723. The summed E-state index contributed by atoms with van der Waals surface area (Å²) < 4.78 is 37.9. The second kappa shape index (κ2) is 11.5. The molecule has 7 rings (SSSR count). The number of piperazine rings is 1. The number of fused-ring (bicyclic) bond motifs is 3. The highest BCUT2D eigenvalue weighted by molar-refractivity contribution is 5.87. The number of rotatable bonds is 7. The minimum Gasteiger partial charge on any atom is -0.392 e. The average Bonchev–Trinajstić information content (AvgIpc) is 3.76. The van der Waals surface area contributed by atoms with Crippen LogP contribution in [0.4, 0.5) is 14.6 Å². The van der Waals surface area contributed by atoms with Crippen molar-refractivity contribution < 1.29 is 18.6 Å². The largest absolute Gasteiger partial charge is 0.392 e. The van der Waals surface area contributed by atoms with Gasteiger partial charge in [0.05, 0.1) is 30.8 Å². The van der Waals surface area contributed by atoms with Crippen molar-refractivity contribution in [3.63, 3.8) is 0 Å². The molecule has 0 spiro atoms. The lowest BCUT2D eigenvalue weighted by Crippen LogP contribution is -2.61. The molecule has 2 saturated heterocycles. The van der Waals surface area contributed by atoms with Gasteiger partial charge in [-0.2, -0.15) is 4.98 Å². The fourth-order valence-electron chi connectivity index (χ4n) is 6.87. The van der Waals surface area contributed by atoms with Crippen LogP contribution in [0.5, 0.6) is 0 Å². The Morgan fingerprint density at radius 2 is 1.68 bits per heavy atom. The average molecular weight is 603 g/mol. The van der Waals surface area contributed by atoms with Crippen LogP contribution in [0.3, 0.4) is 0 Å². The first-order valence-electron chi connectivity index (χ1n) is 15.2. The summed E-state index contributed by atoms with van der Waals surface area (Å²) in [5, 5.41) is 19.7. The number of benzene rings is 2. The Hall–Kier alpha value is -4.00. The summed E-state index contributed by atoms with van der Waals surface area (Å²) in [6, 6.07) is 12.0. The van der Waals surface area contributed by atoms with E-state index in [1.807, 2.05) is 11.3 Å². The number of aryl methyl sites for hydroxylation is 1. The maximum absolute atomic E-state index is 14.0. The molecule has 0 saturated carbocycles. The van der Waals surface area contributed by atoms with E-state index in [1.54, 1.807) is 37.5 Å². The smallest absolute Gasteiger partial charge is 0.258 e. The molecule has 0 bridgehead atoms. The molecule has 0 radical (unpaired) electrons. The lowest BCUT2D eigenvalue weighted by Gasteiger charge is -2.50. The van der Waals surface area contributed by atoms with E-state index in [2.05, 4.69) is 31.5 Å². The molecule has 1 unspecified atom stereocenters. The fraction of sp³-hybridized carbons (Fsp3) is 0.438. The van der Waals surface area contributed by atoms with Crippen molar-refractivity contribution in [3.8, 4) is 0 Å². The van der Waals surface area contributed by atoms with Crippen LogP contribution in [0, 0.1) is 18.6 Å². The maximum atomic E-state index is 14.0. The summed E-state index contributed by atoms with van der Waals surface area (Å²) in [6.07, 6.45) is 3.11. The molecule has 4 atom stereocenters. The van der Waals surface area contributed by atoms with E-state index in [-0.39, 0.29) is 35.9 Å². The Kier molecular flexibility index (Phi) is 7.51. The Labute approximate surface area is 253 Å². The summed E-state index contributed by atoms with van der Waals surface area (Å²) in [5.74, 6) is 1.35. The molecule has 0 amide bonds. The number of hydrogen-bond donors (Lipinski definition) is 1. The molecule has 5 aromatic rings. The van der Waals surface area contributed by atoms with Gasteiger partial charge in [0, 0.05) is 25.7 Å². The number of aromatic nitrogens is 6. The highest BCUT2D eigenvalue weighted by Gasteiger charge is 2.40. The fourth-order valence-corrected chi connectivity index (χ4v) is 6.87. The molecule has 44 heavy (non-hydrogen) atoms. The molecule has 12 heteroatoms. The Bertz CT molecular complexity index is 1720. The second-order valence-corrected chi connectivity index (χ2v) is 12.0. The standard InChI is InChI=1S/C32H36F2N8O2/c1-19-15-41(29(22-6-10-24(33)11-7-22)23-8-12-25(34)13-9-23)27(20(2)43)17-39(19)30-28-31(42-18-35-38-32(42)37-30)40(21(3)36-28)16-26-5-4-14-44-26/h6-13,18-20,26-27,29,43H,4-5,14-17H2,1-3H3/t19-,20?,26-,27-/m0/s1. The SMILES string of the molecule is Cc1nc2c(N3C[C@@H](C(C)O)N(C(c4ccc(F)cc4)c4ccc(F)cc4)C[C@@H]3C)nc3nncn3c2n1C[C@@H]1CCCO1. The monoisotopic (exact) mass is 602 g/mol. The third kappa shape index (κ3) is 5.10. The number of halogens is 2. The van der Waals surface area contributed by atoms with Gasteiger partial charge in [0.1, 0.15) is 29.3 Å². The number of aliphatic hydroxyl groups excluding tert-OH is 1. The van der Waals surface area contributed by atoms with E-state index >= 15 is 0 Å².